The molecule has 0 saturated carbocycles. The van der Waals surface area contributed by atoms with Crippen LogP contribution in [0.3, 0.4) is 0 Å². The third kappa shape index (κ3) is 3.66. The van der Waals surface area contributed by atoms with Crippen LogP contribution in [0.15, 0.2) is 41.2 Å². The van der Waals surface area contributed by atoms with Crippen molar-refractivity contribution in [1.29, 1.82) is 0 Å². The van der Waals surface area contributed by atoms with Crippen LogP contribution < -0.4 is 15.2 Å². The van der Waals surface area contributed by atoms with Crippen molar-refractivity contribution in [2.24, 2.45) is 14.1 Å². The summed E-state index contributed by atoms with van der Waals surface area (Å²) in [6, 6.07) is 11.7. The van der Waals surface area contributed by atoms with Crippen molar-refractivity contribution in [3.8, 4) is 28.6 Å². The SMILES string of the molecule is COc1c(C)c(-c2ccc(OCc3c(C)cccc3-n3nnn(C)c3=O)c(C)c2)nn1C. The van der Waals surface area contributed by atoms with E-state index in [-0.39, 0.29) is 5.69 Å². The molecule has 4 rings (SSSR count). The van der Waals surface area contributed by atoms with E-state index in [1.165, 1.54) is 9.36 Å². The van der Waals surface area contributed by atoms with E-state index in [4.69, 9.17) is 9.47 Å². The van der Waals surface area contributed by atoms with Gasteiger partial charge in [-0.3, -0.25) is 0 Å². The van der Waals surface area contributed by atoms with Gasteiger partial charge in [0.05, 0.1) is 18.5 Å². The first-order chi connectivity index (χ1) is 15.3. The van der Waals surface area contributed by atoms with Crippen molar-refractivity contribution >= 4 is 0 Å². The number of aryl methyl sites for hydroxylation is 4. The van der Waals surface area contributed by atoms with E-state index < -0.39 is 0 Å². The minimum Gasteiger partial charge on any atom is -0.489 e. The number of rotatable bonds is 6. The highest BCUT2D eigenvalue weighted by molar-refractivity contribution is 5.67. The van der Waals surface area contributed by atoms with Crippen LogP contribution in [-0.2, 0) is 20.7 Å². The standard InChI is InChI=1S/C23H26N6O3/c1-14-8-7-9-19(29-23(30)28(5)25-26-29)18(14)13-32-20-11-10-17(12-15(20)2)21-16(3)22(31-6)27(4)24-21/h7-12H,13H2,1-6H3. The lowest BCUT2D eigenvalue weighted by Gasteiger charge is -2.14. The summed E-state index contributed by atoms with van der Waals surface area (Å²) in [6.07, 6.45) is 0. The van der Waals surface area contributed by atoms with E-state index in [0.717, 1.165) is 45.1 Å². The third-order valence-electron chi connectivity index (χ3n) is 5.57. The van der Waals surface area contributed by atoms with Crippen molar-refractivity contribution in [3.63, 3.8) is 0 Å². The lowest BCUT2D eigenvalue weighted by atomic mass is 10.0. The molecule has 0 radical (unpaired) electrons. The van der Waals surface area contributed by atoms with Crippen LogP contribution in [0, 0.1) is 20.8 Å². The number of hydrogen-bond acceptors (Lipinski definition) is 6. The van der Waals surface area contributed by atoms with Crippen molar-refractivity contribution in [2.75, 3.05) is 7.11 Å². The number of tetrazole rings is 1. The molecule has 0 unspecified atom stereocenters. The first-order valence-corrected chi connectivity index (χ1v) is 10.2. The molecule has 2 aromatic carbocycles. The highest BCUT2D eigenvalue weighted by Gasteiger charge is 2.17. The Kier molecular flexibility index (Phi) is 5.56. The molecule has 2 aromatic heterocycles. The monoisotopic (exact) mass is 434 g/mol. The van der Waals surface area contributed by atoms with E-state index in [0.29, 0.717) is 12.3 Å². The molecular formula is C23H26N6O3. The number of ether oxygens (including phenoxy) is 2. The third-order valence-corrected chi connectivity index (χ3v) is 5.57. The maximum atomic E-state index is 12.4. The summed E-state index contributed by atoms with van der Waals surface area (Å²) in [5.41, 5.74) is 6.08. The van der Waals surface area contributed by atoms with E-state index in [1.807, 2.05) is 58.2 Å². The molecule has 0 aliphatic carbocycles. The Morgan fingerprint density at radius 2 is 1.75 bits per heavy atom. The maximum absolute atomic E-state index is 12.4. The Hall–Kier alpha value is -3.88. The Morgan fingerprint density at radius 1 is 0.969 bits per heavy atom. The summed E-state index contributed by atoms with van der Waals surface area (Å²) in [5.74, 6) is 1.50. The predicted octanol–water partition coefficient (Wildman–Crippen LogP) is 2.88. The number of hydrogen-bond donors (Lipinski definition) is 0. The summed E-state index contributed by atoms with van der Waals surface area (Å²) in [6.45, 7) is 6.27. The molecule has 9 nitrogen and oxygen atoms in total. The van der Waals surface area contributed by atoms with Gasteiger partial charge in [-0.05, 0) is 66.6 Å². The summed E-state index contributed by atoms with van der Waals surface area (Å²) in [7, 11) is 5.08. The molecule has 0 fully saturated rings. The molecule has 0 aliphatic rings. The molecule has 4 aromatic rings. The average Bonchev–Trinajstić information content (AvgIpc) is 3.25. The second-order valence-corrected chi connectivity index (χ2v) is 7.74. The smallest absolute Gasteiger partial charge is 0.368 e. The Morgan fingerprint density at radius 3 is 2.38 bits per heavy atom. The quantitative estimate of drug-likeness (QED) is 0.464. The van der Waals surface area contributed by atoms with Crippen LogP contribution >= 0.6 is 0 Å². The van der Waals surface area contributed by atoms with Crippen LogP contribution in [0.5, 0.6) is 11.6 Å². The normalized spacial score (nSPS) is 11.1. The van der Waals surface area contributed by atoms with Gasteiger partial charge in [-0.15, -0.1) is 0 Å². The molecule has 0 bridgehead atoms. The van der Waals surface area contributed by atoms with Crippen LogP contribution in [0.2, 0.25) is 0 Å². The van der Waals surface area contributed by atoms with Gasteiger partial charge in [0, 0.05) is 30.8 Å². The second-order valence-electron chi connectivity index (χ2n) is 7.74. The Balaban J connectivity index is 1.62. The lowest BCUT2D eigenvalue weighted by Crippen LogP contribution is -2.23. The van der Waals surface area contributed by atoms with Gasteiger partial charge in [-0.2, -0.15) is 14.5 Å². The molecule has 0 aliphatic heterocycles. The van der Waals surface area contributed by atoms with E-state index in [2.05, 4.69) is 21.6 Å². The molecule has 0 spiro atoms. The van der Waals surface area contributed by atoms with Crippen LogP contribution in [-0.4, -0.2) is 36.7 Å². The van der Waals surface area contributed by atoms with Gasteiger partial charge in [0.25, 0.3) is 0 Å². The fraction of sp³-hybridized carbons (Fsp3) is 0.304. The van der Waals surface area contributed by atoms with Gasteiger partial charge in [-0.1, -0.05) is 12.1 Å². The van der Waals surface area contributed by atoms with Gasteiger partial charge in [0.2, 0.25) is 5.88 Å². The Bertz CT molecular complexity index is 1350. The zero-order valence-corrected chi connectivity index (χ0v) is 19.1. The molecule has 0 atom stereocenters. The van der Waals surface area contributed by atoms with Crippen LogP contribution in [0.4, 0.5) is 0 Å². The van der Waals surface area contributed by atoms with Gasteiger partial charge >= 0.3 is 5.69 Å². The van der Waals surface area contributed by atoms with Crippen LogP contribution in [0.1, 0.15) is 22.3 Å². The number of nitrogens with zero attached hydrogens (tertiary/aromatic N) is 6. The zero-order valence-electron chi connectivity index (χ0n) is 19.1. The summed E-state index contributed by atoms with van der Waals surface area (Å²) in [5, 5.41) is 12.4. The van der Waals surface area contributed by atoms with Gasteiger partial charge < -0.3 is 9.47 Å². The zero-order chi connectivity index (χ0) is 23.0. The maximum Gasteiger partial charge on any atom is 0.368 e. The molecule has 9 heteroatoms. The first kappa shape index (κ1) is 21.4. The van der Waals surface area contributed by atoms with E-state index >= 15 is 0 Å². The Labute approximate surface area is 185 Å². The first-order valence-electron chi connectivity index (χ1n) is 10.2. The molecule has 0 amide bonds. The molecule has 0 N–H and O–H groups in total. The van der Waals surface area contributed by atoms with Crippen molar-refractivity contribution in [1.82, 2.24) is 29.6 Å². The molecular weight excluding hydrogens is 408 g/mol. The van der Waals surface area contributed by atoms with Crippen molar-refractivity contribution in [2.45, 2.75) is 27.4 Å². The molecule has 2 heterocycles. The number of aromatic nitrogens is 6. The van der Waals surface area contributed by atoms with E-state index in [9.17, 15) is 4.79 Å². The molecule has 166 valence electrons. The van der Waals surface area contributed by atoms with Gasteiger partial charge in [0.1, 0.15) is 12.4 Å². The number of methoxy groups -OCH3 is 1. The summed E-state index contributed by atoms with van der Waals surface area (Å²) < 4.78 is 15.8. The largest absolute Gasteiger partial charge is 0.489 e. The second kappa shape index (κ2) is 8.33. The highest BCUT2D eigenvalue weighted by Crippen LogP contribution is 2.32. The summed E-state index contributed by atoms with van der Waals surface area (Å²) in [4.78, 5) is 12.4. The molecule has 0 saturated heterocycles. The lowest BCUT2D eigenvalue weighted by molar-refractivity contribution is 0.302. The summed E-state index contributed by atoms with van der Waals surface area (Å²) >= 11 is 0. The van der Waals surface area contributed by atoms with Crippen molar-refractivity contribution < 1.29 is 9.47 Å². The van der Waals surface area contributed by atoms with Gasteiger partial charge in [-0.25, -0.2) is 9.48 Å². The minimum absolute atomic E-state index is 0.293. The topological polar surface area (TPSA) is 89.0 Å². The minimum atomic E-state index is -0.307. The average molecular weight is 435 g/mol. The van der Waals surface area contributed by atoms with Crippen molar-refractivity contribution in [3.05, 3.63) is 69.1 Å². The predicted molar refractivity (Wildman–Crippen MR) is 120 cm³/mol. The molecule has 32 heavy (non-hydrogen) atoms. The highest BCUT2D eigenvalue weighted by atomic mass is 16.5. The fourth-order valence-electron chi connectivity index (χ4n) is 3.82. The fourth-order valence-corrected chi connectivity index (χ4v) is 3.82. The van der Waals surface area contributed by atoms with Gasteiger partial charge in [0.15, 0.2) is 0 Å². The van der Waals surface area contributed by atoms with Crippen LogP contribution in [0.25, 0.3) is 16.9 Å². The number of benzene rings is 2. The van der Waals surface area contributed by atoms with E-state index in [1.54, 1.807) is 18.8 Å².